The lowest BCUT2D eigenvalue weighted by Gasteiger charge is -1.65. The molecule has 52 valence electrons. The highest BCUT2D eigenvalue weighted by molar-refractivity contribution is 9.10. The quantitative estimate of drug-likeness (QED) is 0.631. The van der Waals surface area contributed by atoms with E-state index in [-0.39, 0.29) is 0 Å². The zero-order chi connectivity index (χ0) is 7.28. The maximum absolute atomic E-state index is 4.67. The first-order chi connectivity index (χ1) is 4.29. The third-order valence-corrected chi connectivity index (χ3v) is 0.973. The summed E-state index contributed by atoms with van der Waals surface area (Å²) in [5.74, 6) is 0.826. The number of aryl methyl sites for hydroxylation is 1. The molecule has 0 atom stereocenters. The predicted octanol–water partition coefficient (Wildman–Crippen LogP) is 2.77. The van der Waals surface area contributed by atoms with Crippen LogP contribution in [0.5, 0.6) is 0 Å². The first-order valence-electron chi connectivity index (χ1n) is 2.88. The van der Waals surface area contributed by atoms with Gasteiger partial charge in [-0.15, -0.1) is 0 Å². The Morgan fingerprint density at radius 1 is 1.56 bits per heavy atom. The second-order valence-electron chi connectivity index (χ2n) is 1.26. The number of aromatic nitrogens is 1. The summed E-state index contributed by atoms with van der Waals surface area (Å²) in [5.41, 5.74) is 0. The van der Waals surface area contributed by atoms with Crippen molar-refractivity contribution in [3.8, 4) is 0 Å². The van der Waals surface area contributed by atoms with E-state index >= 15 is 0 Å². The van der Waals surface area contributed by atoms with E-state index < -0.39 is 0 Å². The molecule has 0 unspecified atom stereocenters. The second-order valence-corrected chi connectivity index (χ2v) is 2.07. The van der Waals surface area contributed by atoms with Gasteiger partial charge in [0, 0.05) is 6.07 Å². The molecular formula is C6H10BrNO. The van der Waals surface area contributed by atoms with Crippen LogP contribution in [0.3, 0.4) is 0 Å². The molecule has 1 heterocycles. The number of rotatable bonds is 0. The molecule has 0 spiro atoms. The van der Waals surface area contributed by atoms with E-state index in [1.54, 1.807) is 6.07 Å². The van der Waals surface area contributed by atoms with Crippen molar-refractivity contribution in [2.75, 3.05) is 0 Å². The van der Waals surface area contributed by atoms with Gasteiger partial charge in [0.25, 0.3) is 0 Å². The molecule has 0 saturated heterocycles. The third-order valence-electron chi connectivity index (χ3n) is 0.599. The van der Waals surface area contributed by atoms with Crippen LogP contribution in [0.4, 0.5) is 0 Å². The van der Waals surface area contributed by atoms with Gasteiger partial charge in [-0.05, 0) is 22.9 Å². The first kappa shape index (κ1) is 8.69. The van der Waals surface area contributed by atoms with Crippen LogP contribution >= 0.6 is 15.9 Å². The molecule has 1 aromatic rings. The molecule has 0 radical (unpaired) electrons. The summed E-state index contributed by atoms with van der Waals surface area (Å²) in [6.07, 6.45) is 0. The molecule has 1 rings (SSSR count). The minimum atomic E-state index is 0.755. The minimum absolute atomic E-state index is 0.755. The van der Waals surface area contributed by atoms with Crippen molar-refractivity contribution < 1.29 is 4.52 Å². The fourth-order valence-electron chi connectivity index (χ4n) is 0.336. The fraction of sp³-hybridized carbons (Fsp3) is 0.500. The summed E-state index contributed by atoms with van der Waals surface area (Å²) >= 11 is 3.13. The summed E-state index contributed by atoms with van der Waals surface area (Å²) in [4.78, 5) is 0. The summed E-state index contributed by atoms with van der Waals surface area (Å²) in [6.45, 7) is 5.84. The average molecular weight is 192 g/mol. The van der Waals surface area contributed by atoms with Crippen molar-refractivity contribution in [3.63, 3.8) is 0 Å². The fourth-order valence-corrected chi connectivity index (χ4v) is 0.731. The van der Waals surface area contributed by atoms with Crippen LogP contribution in [0, 0.1) is 6.92 Å². The molecule has 0 bridgehead atoms. The highest BCUT2D eigenvalue weighted by atomic mass is 79.9. The first-order valence-corrected chi connectivity index (χ1v) is 3.67. The Kier molecular flexibility index (Phi) is 4.40. The van der Waals surface area contributed by atoms with Gasteiger partial charge in [-0.3, -0.25) is 0 Å². The number of halogens is 1. The molecule has 0 saturated carbocycles. The summed E-state index contributed by atoms with van der Waals surface area (Å²) in [5, 5.41) is 3.56. The van der Waals surface area contributed by atoms with E-state index in [1.807, 2.05) is 20.8 Å². The van der Waals surface area contributed by atoms with Gasteiger partial charge in [0.2, 0.25) is 0 Å². The maximum atomic E-state index is 4.67. The van der Waals surface area contributed by atoms with Crippen LogP contribution in [0.1, 0.15) is 19.6 Å². The Hall–Kier alpha value is -0.310. The maximum Gasteiger partial charge on any atom is 0.149 e. The topological polar surface area (TPSA) is 26.0 Å². The molecule has 0 aliphatic heterocycles. The second kappa shape index (κ2) is 4.56. The summed E-state index contributed by atoms with van der Waals surface area (Å²) in [6, 6.07) is 1.81. The lowest BCUT2D eigenvalue weighted by molar-refractivity contribution is 0.394. The Labute approximate surface area is 63.4 Å². The van der Waals surface area contributed by atoms with Crippen molar-refractivity contribution in [1.82, 2.24) is 5.16 Å². The molecule has 1 aromatic heterocycles. The van der Waals surface area contributed by atoms with E-state index in [1.165, 1.54) is 0 Å². The molecule has 0 fully saturated rings. The number of hydrogen-bond donors (Lipinski definition) is 0. The van der Waals surface area contributed by atoms with Gasteiger partial charge in [-0.1, -0.05) is 19.0 Å². The van der Waals surface area contributed by atoms with Crippen LogP contribution in [0.15, 0.2) is 15.2 Å². The van der Waals surface area contributed by atoms with Crippen molar-refractivity contribution in [2.24, 2.45) is 0 Å². The Balaban J connectivity index is 0.000000291. The van der Waals surface area contributed by atoms with Gasteiger partial charge >= 0.3 is 0 Å². The Bertz CT molecular complexity index is 145. The Morgan fingerprint density at radius 2 is 2.11 bits per heavy atom. The van der Waals surface area contributed by atoms with Gasteiger partial charge in [-0.25, -0.2) is 0 Å². The van der Waals surface area contributed by atoms with Crippen molar-refractivity contribution in [2.45, 2.75) is 20.8 Å². The van der Waals surface area contributed by atoms with Crippen LogP contribution in [0.25, 0.3) is 0 Å². The lowest BCUT2D eigenvalue weighted by Crippen LogP contribution is -1.51. The molecule has 3 heteroatoms. The normalized spacial score (nSPS) is 8.00. The predicted molar refractivity (Wildman–Crippen MR) is 40.3 cm³/mol. The molecule has 0 amide bonds. The molecular weight excluding hydrogens is 182 g/mol. The van der Waals surface area contributed by atoms with Crippen molar-refractivity contribution >= 4 is 15.9 Å². The smallest absolute Gasteiger partial charge is 0.149 e. The number of hydrogen-bond acceptors (Lipinski definition) is 2. The van der Waals surface area contributed by atoms with Crippen molar-refractivity contribution in [3.05, 3.63) is 16.4 Å². The van der Waals surface area contributed by atoms with Crippen LogP contribution in [0.2, 0.25) is 0 Å². The minimum Gasteiger partial charge on any atom is -0.361 e. The van der Waals surface area contributed by atoms with Crippen molar-refractivity contribution in [1.29, 1.82) is 0 Å². The summed E-state index contributed by atoms with van der Waals surface area (Å²) < 4.78 is 5.42. The van der Waals surface area contributed by atoms with E-state index in [9.17, 15) is 0 Å². The average Bonchev–Trinajstić information content (AvgIpc) is 2.20. The van der Waals surface area contributed by atoms with Crippen LogP contribution < -0.4 is 0 Å². The van der Waals surface area contributed by atoms with E-state index in [2.05, 4.69) is 25.6 Å². The molecule has 0 aromatic carbocycles. The van der Waals surface area contributed by atoms with Crippen LogP contribution in [-0.2, 0) is 0 Å². The highest BCUT2D eigenvalue weighted by Gasteiger charge is 1.90. The molecule has 2 nitrogen and oxygen atoms in total. The van der Waals surface area contributed by atoms with Gasteiger partial charge in [0.05, 0.1) is 0 Å². The lowest BCUT2D eigenvalue weighted by atomic mass is 10.5. The SMILES string of the molecule is CC.Cc1cc(Br)no1. The van der Waals surface area contributed by atoms with Gasteiger partial charge in [0.15, 0.2) is 0 Å². The largest absolute Gasteiger partial charge is 0.361 e. The van der Waals surface area contributed by atoms with E-state index in [0.29, 0.717) is 0 Å². The zero-order valence-corrected chi connectivity index (χ0v) is 7.40. The molecule has 0 N–H and O–H groups in total. The van der Waals surface area contributed by atoms with E-state index in [0.717, 1.165) is 10.4 Å². The zero-order valence-electron chi connectivity index (χ0n) is 5.81. The molecule has 9 heavy (non-hydrogen) atoms. The standard InChI is InChI=1S/C4H4BrNO.C2H6/c1-3-2-4(5)6-7-3;1-2/h2H,1H3;1-2H3. The van der Waals surface area contributed by atoms with Crippen LogP contribution in [-0.4, -0.2) is 5.16 Å². The van der Waals surface area contributed by atoms with Gasteiger partial charge in [0.1, 0.15) is 10.4 Å². The highest BCUT2D eigenvalue weighted by Crippen LogP contribution is 2.07. The third kappa shape index (κ3) is 3.30. The molecule has 0 aliphatic rings. The van der Waals surface area contributed by atoms with E-state index in [4.69, 9.17) is 0 Å². The Morgan fingerprint density at radius 3 is 2.22 bits per heavy atom. The monoisotopic (exact) mass is 191 g/mol. The van der Waals surface area contributed by atoms with Gasteiger partial charge in [-0.2, -0.15) is 0 Å². The van der Waals surface area contributed by atoms with Gasteiger partial charge < -0.3 is 4.52 Å². The number of nitrogens with zero attached hydrogens (tertiary/aromatic N) is 1. The summed E-state index contributed by atoms with van der Waals surface area (Å²) in [7, 11) is 0. The molecule has 0 aliphatic carbocycles.